The van der Waals surface area contributed by atoms with Crippen molar-refractivity contribution in [3.63, 3.8) is 0 Å². The Morgan fingerprint density at radius 1 is 1.62 bits per heavy atom. The molecule has 0 amide bonds. The van der Waals surface area contributed by atoms with Crippen LogP contribution in [0.15, 0.2) is 6.20 Å². The Morgan fingerprint density at radius 2 is 2.38 bits per heavy atom. The largest absolute Gasteiger partial charge is 0.383 e. The van der Waals surface area contributed by atoms with Crippen LogP contribution in [0.25, 0.3) is 0 Å². The number of rotatable bonds is 4. The fourth-order valence-corrected chi connectivity index (χ4v) is 1.06. The molecule has 0 spiro atoms. The van der Waals surface area contributed by atoms with Crippen molar-refractivity contribution < 1.29 is 4.74 Å². The first-order valence-electron chi connectivity index (χ1n) is 4.08. The summed E-state index contributed by atoms with van der Waals surface area (Å²) in [7, 11) is 0. The lowest BCUT2D eigenvalue weighted by Crippen LogP contribution is -2.04. The predicted molar refractivity (Wildman–Crippen MR) is 59.1 cm³/mol. The van der Waals surface area contributed by atoms with Crippen LogP contribution in [0.4, 0.5) is 5.82 Å². The summed E-state index contributed by atoms with van der Waals surface area (Å²) in [6.07, 6.45) is 2.70. The molecule has 4 nitrogen and oxygen atoms in total. The monoisotopic (exact) mass is 293 g/mol. The van der Waals surface area contributed by atoms with E-state index in [9.17, 15) is 0 Å². The van der Waals surface area contributed by atoms with E-state index in [1.807, 2.05) is 0 Å². The average Bonchev–Trinajstić information content (AvgIpc) is 2.12. The van der Waals surface area contributed by atoms with E-state index in [2.05, 4.69) is 39.5 Å². The third-order valence-corrected chi connectivity index (χ3v) is 2.23. The summed E-state index contributed by atoms with van der Waals surface area (Å²) >= 11 is 2.10. The highest BCUT2D eigenvalue weighted by Crippen LogP contribution is 2.10. The Bertz CT molecular complexity index is 280. The molecular formula is C8H12IN3O. The Balaban J connectivity index is 2.53. The fourth-order valence-electron chi connectivity index (χ4n) is 0.796. The molecule has 1 aromatic heterocycles. The zero-order valence-electron chi connectivity index (χ0n) is 7.46. The quantitative estimate of drug-likeness (QED) is 0.676. The van der Waals surface area contributed by atoms with Gasteiger partial charge in [0, 0.05) is 12.8 Å². The first-order valence-corrected chi connectivity index (χ1v) is 5.16. The van der Waals surface area contributed by atoms with Crippen LogP contribution in [-0.2, 0) is 11.3 Å². The molecule has 5 heteroatoms. The molecule has 1 heterocycles. The second-order valence-corrected chi connectivity index (χ2v) is 3.73. The van der Waals surface area contributed by atoms with Gasteiger partial charge in [-0.05, 0) is 29.0 Å². The molecule has 0 bridgehead atoms. The molecule has 0 radical (unpaired) electrons. The number of aromatic nitrogens is 2. The van der Waals surface area contributed by atoms with Crippen LogP contribution in [0.5, 0.6) is 0 Å². The van der Waals surface area contributed by atoms with Crippen LogP contribution in [0.3, 0.4) is 0 Å². The topological polar surface area (TPSA) is 61.0 Å². The SMILES string of the molecule is CCCOCc1ncc(I)c(N)n1. The summed E-state index contributed by atoms with van der Waals surface area (Å²) in [5.41, 5.74) is 5.61. The predicted octanol–water partition coefficient (Wildman–Crippen LogP) is 1.59. The number of anilines is 1. The number of halogens is 1. The third-order valence-electron chi connectivity index (χ3n) is 1.40. The van der Waals surface area contributed by atoms with Crippen LogP contribution >= 0.6 is 22.6 Å². The van der Waals surface area contributed by atoms with E-state index >= 15 is 0 Å². The van der Waals surface area contributed by atoms with Gasteiger partial charge < -0.3 is 10.5 Å². The van der Waals surface area contributed by atoms with Crippen LogP contribution in [0, 0.1) is 3.57 Å². The number of nitrogen functional groups attached to an aromatic ring is 1. The number of nitrogens with two attached hydrogens (primary N) is 1. The molecule has 0 aromatic carbocycles. The van der Waals surface area contributed by atoms with E-state index in [4.69, 9.17) is 10.5 Å². The highest BCUT2D eigenvalue weighted by atomic mass is 127. The summed E-state index contributed by atoms with van der Waals surface area (Å²) in [6, 6.07) is 0. The highest BCUT2D eigenvalue weighted by Gasteiger charge is 2.00. The average molecular weight is 293 g/mol. The molecule has 1 aromatic rings. The van der Waals surface area contributed by atoms with Gasteiger partial charge in [-0.25, -0.2) is 9.97 Å². The minimum Gasteiger partial charge on any atom is -0.383 e. The van der Waals surface area contributed by atoms with Crippen molar-refractivity contribution in [3.8, 4) is 0 Å². The maximum Gasteiger partial charge on any atom is 0.156 e. The van der Waals surface area contributed by atoms with E-state index in [0.29, 0.717) is 18.2 Å². The van der Waals surface area contributed by atoms with Crippen molar-refractivity contribution in [3.05, 3.63) is 15.6 Å². The number of ether oxygens (including phenoxy) is 1. The van der Waals surface area contributed by atoms with Crippen molar-refractivity contribution >= 4 is 28.4 Å². The fraction of sp³-hybridized carbons (Fsp3) is 0.500. The normalized spacial score (nSPS) is 10.3. The summed E-state index contributed by atoms with van der Waals surface area (Å²) in [5.74, 6) is 1.16. The van der Waals surface area contributed by atoms with Crippen LogP contribution in [0.2, 0.25) is 0 Å². The molecular weight excluding hydrogens is 281 g/mol. The first-order chi connectivity index (χ1) is 6.24. The van der Waals surface area contributed by atoms with Crippen molar-refractivity contribution in [1.82, 2.24) is 9.97 Å². The van der Waals surface area contributed by atoms with Crippen LogP contribution < -0.4 is 5.73 Å². The third kappa shape index (κ3) is 3.43. The molecule has 0 unspecified atom stereocenters. The van der Waals surface area contributed by atoms with Gasteiger partial charge in [-0.3, -0.25) is 0 Å². The van der Waals surface area contributed by atoms with Gasteiger partial charge in [-0.15, -0.1) is 0 Å². The Labute approximate surface area is 91.0 Å². The molecule has 0 aliphatic rings. The summed E-state index contributed by atoms with van der Waals surface area (Å²) in [5, 5.41) is 0. The second-order valence-electron chi connectivity index (χ2n) is 2.57. The Hall–Kier alpha value is -0.430. The summed E-state index contributed by atoms with van der Waals surface area (Å²) in [4.78, 5) is 8.17. The minimum absolute atomic E-state index is 0.439. The van der Waals surface area contributed by atoms with Crippen molar-refractivity contribution in [2.45, 2.75) is 20.0 Å². The van der Waals surface area contributed by atoms with Crippen molar-refractivity contribution in [1.29, 1.82) is 0 Å². The molecule has 0 saturated heterocycles. The van der Waals surface area contributed by atoms with Crippen molar-refractivity contribution in [2.75, 3.05) is 12.3 Å². The van der Waals surface area contributed by atoms with Gasteiger partial charge in [0.05, 0.1) is 3.57 Å². The second kappa shape index (κ2) is 5.33. The van der Waals surface area contributed by atoms with Crippen LogP contribution in [-0.4, -0.2) is 16.6 Å². The van der Waals surface area contributed by atoms with Gasteiger partial charge in [-0.1, -0.05) is 6.92 Å². The van der Waals surface area contributed by atoms with Gasteiger partial charge in [-0.2, -0.15) is 0 Å². The molecule has 0 atom stereocenters. The van der Waals surface area contributed by atoms with Gasteiger partial charge in [0.2, 0.25) is 0 Å². The maximum atomic E-state index is 5.61. The molecule has 1 rings (SSSR count). The number of hydrogen-bond donors (Lipinski definition) is 1. The first kappa shape index (κ1) is 10.6. The lowest BCUT2D eigenvalue weighted by molar-refractivity contribution is 0.116. The number of hydrogen-bond acceptors (Lipinski definition) is 4. The standard InChI is InChI=1S/C8H12IN3O/c1-2-3-13-5-7-11-4-6(9)8(10)12-7/h4H,2-3,5H2,1H3,(H2,10,11,12). The zero-order chi connectivity index (χ0) is 9.68. The molecule has 72 valence electrons. The molecule has 0 fully saturated rings. The Kier molecular flexibility index (Phi) is 4.37. The molecule has 0 saturated carbocycles. The van der Waals surface area contributed by atoms with Gasteiger partial charge in [0.25, 0.3) is 0 Å². The molecule has 0 aliphatic heterocycles. The van der Waals surface area contributed by atoms with Gasteiger partial charge >= 0.3 is 0 Å². The van der Waals surface area contributed by atoms with E-state index in [1.165, 1.54) is 0 Å². The van der Waals surface area contributed by atoms with Crippen LogP contribution in [0.1, 0.15) is 19.2 Å². The van der Waals surface area contributed by atoms with Crippen molar-refractivity contribution in [2.24, 2.45) is 0 Å². The summed E-state index contributed by atoms with van der Waals surface area (Å²) < 4.78 is 6.15. The molecule has 0 aliphatic carbocycles. The highest BCUT2D eigenvalue weighted by molar-refractivity contribution is 14.1. The smallest absolute Gasteiger partial charge is 0.156 e. The molecule has 13 heavy (non-hydrogen) atoms. The van der Waals surface area contributed by atoms with Gasteiger partial charge in [0.15, 0.2) is 5.82 Å². The summed E-state index contributed by atoms with van der Waals surface area (Å²) in [6.45, 7) is 3.23. The minimum atomic E-state index is 0.439. The Morgan fingerprint density at radius 3 is 3.00 bits per heavy atom. The lowest BCUT2D eigenvalue weighted by atomic mass is 10.5. The van der Waals surface area contributed by atoms with E-state index in [-0.39, 0.29) is 0 Å². The lowest BCUT2D eigenvalue weighted by Gasteiger charge is -2.02. The zero-order valence-corrected chi connectivity index (χ0v) is 9.61. The molecule has 2 N–H and O–H groups in total. The van der Waals surface area contributed by atoms with E-state index < -0.39 is 0 Å². The van der Waals surface area contributed by atoms with E-state index in [0.717, 1.165) is 16.6 Å². The van der Waals surface area contributed by atoms with Gasteiger partial charge in [0.1, 0.15) is 12.4 Å². The number of nitrogens with zero attached hydrogens (tertiary/aromatic N) is 2. The maximum absolute atomic E-state index is 5.61. The van der Waals surface area contributed by atoms with E-state index in [1.54, 1.807) is 6.20 Å².